The first-order valence-corrected chi connectivity index (χ1v) is 6.00. The van der Waals surface area contributed by atoms with Gasteiger partial charge in [0.2, 0.25) is 0 Å². The van der Waals surface area contributed by atoms with Gasteiger partial charge >= 0.3 is 5.97 Å². The third-order valence-corrected chi connectivity index (χ3v) is 3.73. The minimum Gasteiger partial charge on any atom is -0.478 e. The third-order valence-electron chi connectivity index (χ3n) is 3.04. The molecule has 1 saturated carbocycles. The molecule has 2 rings (SSSR count). The molecule has 1 aliphatic carbocycles. The molecule has 0 unspecified atom stereocenters. The average Bonchev–Trinajstić information content (AvgIpc) is 2.70. The van der Waals surface area contributed by atoms with Gasteiger partial charge in [-0.1, -0.05) is 34.8 Å². The first kappa shape index (κ1) is 10.7. The van der Waals surface area contributed by atoms with Crippen LogP contribution in [0.3, 0.4) is 0 Å². The lowest BCUT2D eigenvalue weighted by Gasteiger charge is -2.12. The molecule has 0 spiro atoms. The Kier molecular flexibility index (Phi) is 3.10. The normalized spacial score (nSPS) is 16.9. The maximum Gasteiger partial charge on any atom is 0.335 e. The van der Waals surface area contributed by atoms with Crippen molar-refractivity contribution in [3.63, 3.8) is 0 Å². The van der Waals surface area contributed by atoms with E-state index in [9.17, 15) is 4.79 Å². The van der Waals surface area contributed by atoms with Crippen LogP contribution < -0.4 is 0 Å². The van der Waals surface area contributed by atoms with Crippen molar-refractivity contribution in [2.75, 3.05) is 0 Å². The van der Waals surface area contributed by atoms with Crippen molar-refractivity contribution < 1.29 is 9.90 Å². The molecule has 0 saturated heterocycles. The fraction of sp³-hybridized carbons (Fsp3) is 0.417. The number of carboxylic acid groups (broad SMARTS) is 1. The van der Waals surface area contributed by atoms with E-state index in [1.54, 1.807) is 12.1 Å². The second-order valence-corrected chi connectivity index (χ2v) is 4.88. The molecule has 3 heteroatoms. The minimum absolute atomic E-state index is 0.351. The first-order valence-electron chi connectivity index (χ1n) is 5.21. The average molecular weight is 269 g/mol. The Labute approximate surface area is 97.4 Å². The summed E-state index contributed by atoms with van der Waals surface area (Å²) in [5.74, 6) is -0.254. The van der Waals surface area contributed by atoms with E-state index in [1.807, 2.05) is 6.07 Å². The predicted molar refractivity (Wildman–Crippen MR) is 62.3 cm³/mol. The highest BCUT2D eigenvalue weighted by Crippen LogP contribution is 2.37. The van der Waals surface area contributed by atoms with Crippen molar-refractivity contribution in [3.8, 4) is 0 Å². The van der Waals surface area contributed by atoms with Crippen LogP contribution in [0.15, 0.2) is 22.7 Å². The molecule has 1 aromatic rings. The lowest BCUT2D eigenvalue weighted by atomic mass is 9.97. The number of hydrogen-bond donors (Lipinski definition) is 1. The predicted octanol–water partition coefficient (Wildman–Crippen LogP) is 3.80. The smallest absolute Gasteiger partial charge is 0.335 e. The van der Waals surface area contributed by atoms with Crippen molar-refractivity contribution in [2.24, 2.45) is 0 Å². The molecule has 0 aliphatic heterocycles. The minimum atomic E-state index is -0.867. The van der Waals surface area contributed by atoms with Crippen LogP contribution in [0.25, 0.3) is 0 Å². The Morgan fingerprint density at radius 1 is 1.33 bits per heavy atom. The number of aromatic carboxylic acids is 1. The number of carbonyl (C=O) groups is 1. The maximum atomic E-state index is 10.8. The van der Waals surface area contributed by atoms with E-state index in [0.29, 0.717) is 11.5 Å². The lowest BCUT2D eigenvalue weighted by Crippen LogP contribution is -1.99. The Morgan fingerprint density at radius 3 is 2.53 bits per heavy atom. The zero-order chi connectivity index (χ0) is 10.8. The van der Waals surface area contributed by atoms with Crippen LogP contribution in [-0.2, 0) is 0 Å². The van der Waals surface area contributed by atoms with Crippen LogP contribution in [0.1, 0.15) is 47.5 Å². The fourth-order valence-corrected chi connectivity index (χ4v) is 2.93. The van der Waals surface area contributed by atoms with Gasteiger partial charge in [0, 0.05) is 4.47 Å². The highest BCUT2D eigenvalue weighted by atomic mass is 79.9. The van der Waals surface area contributed by atoms with E-state index in [-0.39, 0.29) is 0 Å². The van der Waals surface area contributed by atoms with E-state index < -0.39 is 5.97 Å². The van der Waals surface area contributed by atoms with Gasteiger partial charge in [0.15, 0.2) is 0 Å². The summed E-state index contributed by atoms with van der Waals surface area (Å²) in [5, 5.41) is 8.84. The van der Waals surface area contributed by atoms with Crippen LogP contribution in [0.4, 0.5) is 0 Å². The van der Waals surface area contributed by atoms with Gasteiger partial charge in [-0.05, 0) is 36.5 Å². The number of halogens is 1. The van der Waals surface area contributed by atoms with Gasteiger partial charge in [0.05, 0.1) is 5.56 Å². The van der Waals surface area contributed by atoms with E-state index in [0.717, 1.165) is 4.47 Å². The second-order valence-electron chi connectivity index (χ2n) is 4.02. The van der Waals surface area contributed by atoms with Gasteiger partial charge in [-0.15, -0.1) is 0 Å². The van der Waals surface area contributed by atoms with Gasteiger partial charge < -0.3 is 5.11 Å². The Bertz CT molecular complexity index is 381. The summed E-state index contributed by atoms with van der Waals surface area (Å²) in [5.41, 5.74) is 1.61. The zero-order valence-electron chi connectivity index (χ0n) is 8.37. The molecule has 0 atom stereocenters. The number of rotatable bonds is 2. The Balaban J connectivity index is 2.29. The molecule has 0 heterocycles. The molecular formula is C12H13BrO2. The van der Waals surface area contributed by atoms with E-state index in [1.165, 1.54) is 31.2 Å². The van der Waals surface area contributed by atoms with Crippen molar-refractivity contribution in [1.82, 2.24) is 0 Å². The summed E-state index contributed by atoms with van der Waals surface area (Å²) in [6, 6.07) is 5.35. The van der Waals surface area contributed by atoms with Crippen LogP contribution in [0, 0.1) is 0 Å². The molecule has 0 aromatic heterocycles. The largest absolute Gasteiger partial charge is 0.478 e. The summed E-state index contributed by atoms with van der Waals surface area (Å²) in [6.45, 7) is 0. The molecular weight excluding hydrogens is 256 g/mol. The second kappa shape index (κ2) is 4.35. The van der Waals surface area contributed by atoms with Crippen molar-refractivity contribution >= 4 is 21.9 Å². The SMILES string of the molecule is O=C(O)c1ccc(C2CCCC2)c(Br)c1. The van der Waals surface area contributed by atoms with E-state index >= 15 is 0 Å². The lowest BCUT2D eigenvalue weighted by molar-refractivity contribution is 0.0697. The number of hydrogen-bond acceptors (Lipinski definition) is 1. The standard InChI is InChI=1S/C12H13BrO2/c13-11-7-9(12(14)15)5-6-10(11)8-3-1-2-4-8/h5-8H,1-4H2,(H,14,15). The third kappa shape index (κ3) is 2.23. The van der Waals surface area contributed by atoms with Crippen molar-refractivity contribution in [3.05, 3.63) is 33.8 Å². The van der Waals surface area contributed by atoms with Crippen LogP contribution in [0.5, 0.6) is 0 Å². The maximum absolute atomic E-state index is 10.8. The van der Waals surface area contributed by atoms with E-state index in [4.69, 9.17) is 5.11 Å². The van der Waals surface area contributed by atoms with Gasteiger partial charge in [-0.2, -0.15) is 0 Å². The number of carboxylic acids is 1. The van der Waals surface area contributed by atoms with Gasteiger partial charge in [-0.25, -0.2) is 4.79 Å². The molecule has 2 nitrogen and oxygen atoms in total. The molecule has 15 heavy (non-hydrogen) atoms. The summed E-state index contributed by atoms with van der Waals surface area (Å²) >= 11 is 3.46. The summed E-state index contributed by atoms with van der Waals surface area (Å²) < 4.78 is 0.939. The molecule has 0 radical (unpaired) electrons. The molecule has 1 N–H and O–H groups in total. The van der Waals surface area contributed by atoms with Crippen LogP contribution in [0.2, 0.25) is 0 Å². The topological polar surface area (TPSA) is 37.3 Å². The first-order chi connectivity index (χ1) is 7.18. The molecule has 0 amide bonds. The zero-order valence-corrected chi connectivity index (χ0v) is 9.96. The number of benzene rings is 1. The van der Waals surface area contributed by atoms with Gasteiger partial charge in [0.1, 0.15) is 0 Å². The van der Waals surface area contributed by atoms with E-state index in [2.05, 4.69) is 15.9 Å². The summed E-state index contributed by atoms with van der Waals surface area (Å²) in [4.78, 5) is 10.8. The molecule has 1 aromatic carbocycles. The highest BCUT2D eigenvalue weighted by molar-refractivity contribution is 9.10. The monoisotopic (exact) mass is 268 g/mol. The summed E-state index contributed by atoms with van der Waals surface area (Å²) in [7, 11) is 0. The molecule has 1 fully saturated rings. The highest BCUT2D eigenvalue weighted by Gasteiger charge is 2.19. The van der Waals surface area contributed by atoms with Crippen molar-refractivity contribution in [2.45, 2.75) is 31.6 Å². The fourth-order valence-electron chi connectivity index (χ4n) is 2.23. The van der Waals surface area contributed by atoms with Crippen molar-refractivity contribution in [1.29, 1.82) is 0 Å². The van der Waals surface area contributed by atoms with Gasteiger partial charge in [-0.3, -0.25) is 0 Å². The van der Waals surface area contributed by atoms with Crippen LogP contribution in [-0.4, -0.2) is 11.1 Å². The summed E-state index contributed by atoms with van der Waals surface area (Å²) in [6.07, 6.45) is 5.03. The van der Waals surface area contributed by atoms with Crippen LogP contribution >= 0.6 is 15.9 Å². The molecule has 1 aliphatic rings. The quantitative estimate of drug-likeness (QED) is 0.886. The molecule has 0 bridgehead atoms. The Hall–Kier alpha value is -0.830. The molecule has 80 valence electrons. The Morgan fingerprint density at radius 2 is 2.00 bits per heavy atom. The van der Waals surface area contributed by atoms with Gasteiger partial charge in [0.25, 0.3) is 0 Å².